The van der Waals surface area contributed by atoms with E-state index < -0.39 is 21.7 Å². The van der Waals surface area contributed by atoms with E-state index in [0.717, 1.165) is 24.2 Å². The maximum Gasteiger partial charge on any atom is 0.267 e. The Morgan fingerprint density at radius 2 is 1.97 bits per heavy atom. The van der Waals surface area contributed by atoms with Gasteiger partial charge >= 0.3 is 0 Å². The normalized spacial score (nSPS) is 14.8. The van der Waals surface area contributed by atoms with Gasteiger partial charge in [0, 0.05) is 28.9 Å². The minimum atomic E-state index is -3.76. The van der Waals surface area contributed by atoms with Gasteiger partial charge in [0.25, 0.3) is 5.91 Å². The maximum atomic E-state index is 13.5. The molecule has 1 saturated heterocycles. The van der Waals surface area contributed by atoms with Crippen molar-refractivity contribution >= 4 is 54.6 Å². The molecule has 6 nitrogen and oxygen atoms in total. The molecule has 0 bridgehead atoms. The van der Waals surface area contributed by atoms with E-state index in [1.807, 2.05) is 0 Å². The van der Waals surface area contributed by atoms with Gasteiger partial charge < -0.3 is 10.1 Å². The second kappa shape index (κ2) is 8.74. The van der Waals surface area contributed by atoms with E-state index in [4.69, 9.17) is 16.3 Å². The number of benzene rings is 2. The Balaban J connectivity index is 1.67. The number of nitrogens with one attached hydrogen (secondary N) is 1. The van der Waals surface area contributed by atoms with Crippen LogP contribution < -0.4 is 10.1 Å². The summed E-state index contributed by atoms with van der Waals surface area (Å²) < 4.78 is 47.2. The van der Waals surface area contributed by atoms with Crippen LogP contribution >= 0.6 is 22.9 Å². The largest absolute Gasteiger partial charge is 0.492 e. The molecular weight excluding hydrogens is 463 g/mol. The number of carbonyl (C=O) groups excluding carboxylic acids is 1. The highest BCUT2D eigenvalue weighted by Gasteiger charge is 2.30. The molecule has 4 rings (SSSR count). The van der Waals surface area contributed by atoms with Crippen LogP contribution in [0.15, 0.2) is 41.3 Å². The van der Waals surface area contributed by atoms with Crippen LogP contribution in [0.2, 0.25) is 5.02 Å². The molecule has 1 N–H and O–H groups in total. The Morgan fingerprint density at radius 3 is 2.68 bits per heavy atom. The summed E-state index contributed by atoms with van der Waals surface area (Å²) in [6.45, 7) is 2.99. The first-order chi connectivity index (χ1) is 14.8. The number of thiophene rings is 1. The Bertz CT molecular complexity index is 1250. The zero-order valence-electron chi connectivity index (χ0n) is 16.7. The average molecular weight is 483 g/mol. The molecule has 1 aliphatic rings. The summed E-state index contributed by atoms with van der Waals surface area (Å²) in [4.78, 5) is 13.1. The van der Waals surface area contributed by atoms with Gasteiger partial charge in [0.05, 0.1) is 11.6 Å². The lowest BCUT2D eigenvalue weighted by Crippen LogP contribution is -2.28. The number of carbonyl (C=O) groups is 1. The number of ether oxygens (including phenoxy) is 1. The summed E-state index contributed by atoms with van der Waals surface area (Å²) in [5.74, 6) is -0.677. The monoisotopic (exact) mass is 482 g/mol. The lowest BCUT2D eigenvalue weighted by Gasteiger charge is -2.19. The van der Waals surface area contributed by atoms with Gasteiger partial charge in [-0.15, -0.1) is 11.3 Å². The van der Waals surface area contributed by atoms with E-state index in [9.17, 15) is 17.6 Å². The summed E-state index contributed by atoms with van der Waals surface area (Å²) in [6.07, 6.45) is 1.62. The molecular formula is C21H20ClFN2O4S2. The number of hydrogen-bond donors (Lipinski definition) is 1. The lowest BCUT2D eigenvalue weighted by atomic mass is 10.2. The molecule has 0 unspecified atom stereocenters. The van der Waals surface area contributed by atoms with Crippen LogP contribution in [-0.2, 0) is 10.0 Å². The van der Waals surface area contributed by atoms with Crippen molar-refractivity contribution in [3.8, 4) is 5.75 Å². The standard InChI is InChI=1S/C21H20ClFN2O4S2/c1-2-29-16-8-6-14(12-18(16)31(27,28)25-9-3-4-10-25)24-21(26)20-19(22)15-7-5-13(23)11-17(15)30-20/h5-8,11-12H,2-4,9-10H2,1H3,(H,24,26). The molecule has 164 valence electrons. The Labute approximate surface area is 188 Å². The van der Waals surface area contributed by atoms with Gasteiger partial charge in [-0.2, -0.15) is 4.31 Å². The number of fused-ring (bicyclic) bond motifs is 1. The molecule has 0 saturated carbocycles. The van der Waals surface area contributed by atoms with E-state index in [1.165, 1.54) is 34.6 Å². The topological polar surface area (TPSA) is 75.7 Å². The zero-order chi connectivity index (χ0) is 22.2. The highest BCUT2D eigenvalue weighted by atomic mass is 35.5. The van der Waals surface area contributed by atoms with Crippen LogP contribution in [-0.4, -0.2) is 38.3 Å². The maximum absolute atomic E-state index is 13.5. The molecule has 0 spiro atoms. The van der Waals surface area contributed by atoms with Crippen LogP contribution in [0.3, 0.4) is 0 Å². The van der Waals surface area contributed by atoms with Gasteiger partial charge in [-0.1, -0.05) is 11.6 Å². The summed E-state index contributed by atoms with van der Waals surface area (Å²) in [5, 5.41) is 3.52. The number of anilines is 1. The summed E-state index contributed by atoms with van der Waals surface area (Å²) in [6, 6.07) is 8.64. The molecule has 1 fully saturated rings. The summed E-state index contributed by atoms with van der Waals surface area (Å²) >= 11 is 7.40. The molecule has 2 heterocycles. The zero-order valence-corrected chi connectivity index (χ0v) is 19.0. The third-order valence-electron chi connectivity index (χ3n) is 4.98. The van der Waals surface area contributed by atoms with E-state index in [2.05, 4.69) is 5.32 Å². The van der Waals surface area contributed by atoms with Crippen molar-refractivity contribution in [2.24, 2.45) is 0 Å². The summed E-state index contributed by atoms with van der Waals surface area (Å²) in [5.41, 5.74) is 0.297. The first-order valence-corrected chi connectivity index (χ1v) is 12.4. The molecule has 1 aliphatic heterocycles. The van der Waals surface area contributed by atoms with Gasteiger partial charge in [-0.05, 0) is 56.2 Å². The van der Waals surface area contributed by atoms with E-state index >= 15 is 0 Å². The lowest BCUT2D eigenvalue weighted by molar-refractivity contribution is 0.103. The van der Waals surface area contributed by atoms with Gasteiger partial charge in [0.1, 0.15) is 21.3 Å². The van der Waals surface area contributed by atoms with E-state index in [-0.39, 0.29) is 20.5 Å². The number of sulfonamides is 1. The molecule has 2 aromatic carbocycles. The molecule has 31 heavy (non-hydrogen) atoms. The Kier molecular flexibility index (Phi) is 6.20. The third kappa shape index (κ3) is 4.27. The predicted molar refractivity (Wildman–Crippen MR) is 120 cm³/mol. The van der Waals surface area contributed by atoms with Crippen molar-refractivity contribution in [2.75, 3.05) is 25.0 Å². The molecule has 0 atom stereocenters. The van der Waals surface area contributed by atoms with Crippen LogP contribution in [0, 0.1) is 5.82 Å². The Morgan fingerprint density at radius 1 is 1.23 bits per heavy atom. The molecule has 0 radical (unpaired) electrons. The second-order valence-electron chi connectivity index (χ2n) is 7.05. The molecule has 1 amide bonds. The SMILES string of the molecule is CCOc1ccc(NC(=O)c2sc3cc(F)ccc3c2Cl)cc1S(=O)(=O)N1CCCC1. The van der Waals surface area contributed by atoms with Crippen molar-refractivity contribution in [1.29, 1.82) is 0 Å². The van der Waals surface area contributed by atoms with E-state index in [0.29, 0.717) is 35.5 Å². The number of amides is 1. The fourth-order valence-corrected chi connectivity index (χ4v) is 6.61. The van der Waals surface area contributed by atoms with Crippen molar-refractivity contribution in [3.05, 3.63) is 52.1 Å². The fraction of sp³-hybridized carbons (Fsp3) is 0.286. The number of halogens is 2. The van der Waals surface area contributed by atoms with Gasteiger partial charge in [-0.25, -0.2) is 12.8 Å². The number of hydrogen-bond acceptors (Lipinski definition) is 5. The summed E-state index contributed by atoms with van der Waals surface area (Å²) in [7, 11) is -3.76. The number of rotatable bonds is 6. The molecule has 3 aromatic rings. The quantitative estimate of drug-likeness (QED) is 0.528. The first kappa shape index (κ1) is 22.0. The second-order valence-corrected chi connectivity index (χ2v) is 10.4. The average Bonchev–Trinajstić information content (AvgIpc) is 3.38. The van der Waals surface area contributed by atoms with Gasteiger partial charge in [-0.3, -0.25) is 4.79 Å². The van der Waals surface area contributed by atoms with Crippen molar-refractivity contribution < 1.29 is 22.3 Å². The van der Waals surface area contributed by atoms with Gasteiger partial charge in [0.15, 0.2) is 0 Å². The van der Waals surface area contributed by atoms with Crippen molar-refractivity contribution in [3.63, 3.8) is 0 Å². The third-order valence-corrected chi connectivity index (χ3v) is 8.56. The highest BCUT2D eigenvalue weighted by Crippen LogP contribution is 2.37. The van der Waals surface area contributed by atoms with Crippen LogP contribution in [0.5, 0.6) is 5.75 Å². The van der Waals surface area contributed by atoms with Crippen molar-refractivity contribution in [1.82, 2.24) is 4.31 Å². The first-order valence-electron chi connectivity index (χ1n) is 9.77. The number of nitrogens with zero attached hydrogens (tertiary/aromatic N) is 1. The Hall–Kier alpha value is -2.20. The van der Waals surface area contributed by atoms with Crippen LogP contribution in [0.25, 0.3) is 10.1 Å². The molecule has 10 heteroatoms. The minimum Gasteiger partial charge on any atom is -0.492 e. The smallest absolute Gasteiger partial charge is 0.267 e. The van der Waals surface area contributed by atoms with E-state index in [1.54, 1.807) is 13.0 Å². The van der Waals surface area contributed by atoms with Crippen molar-refractivity contribution in [2.45, 2.75) is 24.7 Å². The molecule has 1 aromatic heterocycles. The minimum absolute atomic E-state index is 0.0126. The fourth-order valence-electron chi connectivity index (χ4n) is 3.50. The van der Waals surface area contributed by atoms with Crippen LogP contribution in [0.1, 0.15) is 29.4 Å². The molecule has 0 aliphatic carbocycles. The van der Waals surface area contributed by atoms with Gasteiger partial charge in [0.2, 0.25) is 10.0 Å². The van der Waals surface area contributed by atoms with Crippen LogP contribution in [0.4, 0.5) is 10.1 Å². The highest BCUT2D eigenvalue weighted by molar-refractivity contribution is 7.89. The predicted octanol–water partition coefficient (Wildman–Crippen LogP) is 5.13.